The summed E-state index contributed by atoms with van der Waals surface area (Å²) in [6.07, 6.45) is 8.88. The van der Waals surface area contributed by atoms with E-state index < -0.39 is 0 Å². The summed E-state index contributed by atoms with van der Waals surface area (Å²) in [4.78, 5) is 17.2. The largest absolute Gasteiger partial charge is 0.465 e. The lowest BCUT2D eigenvalue weighted by Gasteiger charge is -2.07. The van der Waals surface area contributed by atoms with Gasteiger partial charge in [0.15, 0.2) is 0 Å². The standard InChI is InChI=1S/C20H17N3O2/c24-20(23-21-11-3-5-15-6-4-12-25-15)17-13-19(14-9-10-14)22-18-8-2-1-7-16(17)18/h1-8,11-14H,9-10H2,(H,23,24). The Morgan fingerprint density at radius 1 is 1.24 bits per heavy atom. The van der Waals surface area contributed by atoms with Gasteiger partial charge in [0.1, 0.15) is 5.76 Å². The third-order valence-electron chi connectivity index (χ3n) is 4.11. The van der Waals surface area contributed by atoms with Gasteiger partial charge in [-0.3, -0.25) is 9.78 Å². The van der Waals surface area contributed by atoms with Crippen LogP contribution in [0.1, 0.15) is 40.6 Å². The molecule has 0 bridgehead atoms. The minimum atomic E-state index is -0.233. The first-order chi connectivity index (χ1) is 12.3. The zero-order valence-electron chi connectivity index (χ0n) is 13.6. The zero-order chi connectivity index (χ0) is 17.1. The Hall–Kier alpha value is -3.21. The molecule has 0 unspecified atom stereocenters. The van der Waals surface area contributed by atoms with Crippen LogP contribution in [0.25, 0.3) is 17.0 Å². The summed E-state index contributed by atoms with van der Waals surface area (Å²) in [5.41, 5.74) is 5.03. The SMILES string of the molecule is O=C(NN=CC=Cc1ccco1)c1cc(C2CC2)nc2ccccc12. The molecule has 2 heterocycles. The molecule has 0 aliphatic heterocycles. The summed E-state index contributed by atoms with van der Waals surface area (Å²) < 4.78 is 5.18. The molecule has 2 aromatic heterocycles. The van der Waals surface area contributed by atoms with Gasteiger partial charge in [-0.1, -0.05) is 18.2 Å². The van der Waals surface area contributed by atoms with Crippen LogP contribution in [0.3, 0.4) is 0 Å². The van der Waals surface area contributed by atoms with E-state index in [1.165, 1.54) is 6.21 Å². The van der Waals surface area contributed by atoms with Crippen LogP contribution in [0.2, 0.25) is 0 Å². The number of rotatable bonds is 5. The van der Waals surface area contributed by atoms with Crippen LogP contribution in [0, 0.1) is 0 Å². The number of hydrogen-bond acceptors (Lipinski definition) is 4. The number of nitrogens with zero attached hydrogens (tertiary/aromatic N) is 2. The fraction of sp³-hybridized carbons (Fsp3) is 0.150. The first-order valence-electron chi connectivity index (χ1n) is 8.24. The maximum atomic E-state index is 12.6. The summed E-state index contributed by atoms with van der Waals surface area (Å²) >= 11 is 0. The quantitative estimate of drug-likeness (QED) is 0.564. The van der Waals surface area contributed by atoms with E-state index in [9.17, 15) is 4.79 Å². The van der Waals surface area contributed by atoms with Crippen molar-refractivity contribution in [3.63, 3.8) is 0 Å². The van der Waals surface area contributed by atoms with Gasteiger partial charge in [-0.25, -0.2) is 5.43 Å². The molecule has 0 saturated heterocycles. The first-order valence-corrected chi connectivity index (χ1v) is 8.24. The van der Waals surface area contributed by atoms with Gasteiger partial charge in [-0.15, -0.1) is 0 Å². The Morgan fingerprint density at radius 3 is 2.92 bits per heavy atom. The molecule has 1 aliphatic rings. The Morgan fingerprint density at radius 2 is 2.12 bits per heavy atom. The molecule has 5 heteroatoms. The van der Waals surface area contributed by atoms with Crippen molar-refractivity contribution in [2.45, 2.75) is 18.8 Å². The number of allylic oxidation sites excluding steroid dienone is 1. The molecule has 1 N–H and O–H groups in total. The first kappa shape index (κ1) is 15.3. The second kappa shape index (κ2) is 6.73. The van der Waals surface area contributed by atoms with Crippen LogP contribution < -0.4 is 5.43 Å². The highest BCUT2D eigenvalue weighted by Gasteiger charge is 2.26. The molecule has 1 fully saturated rings. The highest BCUT2D eigenvalue weighted by Crippen LogP contribution is 2.40. The Labute approximate surface area is 145 Å². The Balaban J connectivity index is 1.53. The van der Waals surface area contributed by atoms with Crippen molar-refractivity contribution in [1.82, 2.24) is 10.4 Å². The van der Waals surface area contributed by atoms with Crippen molar-refractivity contribution in [2.24, 2.45) is 5.10 Å². The van der Waals surface area contributed by atoms with E-state index in [0.29, 0.717) is 11.5 Å². The molecule has 5 nitrogen and oxygen atoms in total. The van der Waals surface area contributed by atoms with Crippen LogP contribution >= 0.6 is 0 Å². The number of nitrogens with one attached hydrogen (secondary N) is 1. The lowest BCUT2D eigenvalue weighted by atomic mass is 10.1. The minimum absolute atomic E-state index is 0.233. The Bertz CT molecular complexity index is 954. The zero-order valence-corrected chi connectivity index (χ0v) is 13.6. The highest BCUT2D eigenvalue weighted by molar-refractivity contribution is 6.06. The van der Waals surface area contributed by atoms with Crippen LogP contribution in [0.4, 0.5) is 0 Å². The molecule has 1 aliphatic carbocycles. The fourth-order valence-corrected chi connectivity index (χ4v) is 2.70. The van der Waals surface area contributed by atoms with Gasteiger partial charge in [0, 0.05) is 23.2 Å². The molecule has 1 aromatic carbocycles. The van der Waals surface area contributed by atoms with Gasteiger partial charge in [-0.2, -0.15) is 5.10 Å². The molecule has 25 heavy (non-hydrogen) atoms. The number of para-hydroxylation sites is 1. The summed E-state index contributed by atoms with van der Waals surface area (Å²) in [7, 11) is 0. The normalized spacial score (nSPS) is 14.6. The number of fused-ring (bicyclic) bond motifs is 1. The van der Waals surface area contributed by atoms with Crippen molar-refractivity contribution in [3.8, 4) is 0 Å². The summed E-state index contributed by atoms with van der Waals surface area (Å²) in [6, 6.07) is 13.2. The smallest absolute Gasteiger partial charge is 0.272 e. The number of hydrazone groups is 1. The fourth-order valence-electron chi connectivity index (χ4n) is 2.70. The van der Waals surface area contributed by atoms with Crippen molar-refractivity contribution >= 4 is 29.1 Å². The summed E-state index contributed by atoms with van der Waals surface area (Å²) in [6.45, 7) is 0. The van der Waals surface area contributed by atoms with E-state index in [1.54, 1.807) is 18.4 Å². The molecule has 4 rings (SSSR count). The van der Waals surface area contributed by atoms with Crippen molar-refractivity contribution in [1.29, 1.82) is 0 Å². The van der Waals surface area contributed by atoms with Gasteiger partial charge in [0.2, 0.25) is 0 Å². The number of carbonyl (C=O) groups is 1. The maximum absolute atomic E-state index is 12.6. The predicted octanol–water partition coefficient (Wildman–Crippen LogP) is 4.13. The average molecular weight is 331 g/mol. The Kier molecular flexibility index (Phi) is 4.12. The molecular formula is C20H17N3O2. The number of hydrogen-bond donors (Lipinski definition) is 1. The van der Waals surface area contributed by atoms with E-state index in [4.69, 9.17) is 4.42 Å². The van der Waals surface area contributed by atoms with Crippen LogP contribution in [0.15, 0.2) is 64.3 Å². The average Bonchev–Trinajstić information content (AvgIpc) is 3.37. The van der Waals surface area contributed by atoms with E-state index in [0.717, 1.165) is 35.2 Å². The molecule has 3 aromatic rings. The lowest BCUT2D eigenvalue weighted by Crippen LogP contribution is -2.18. The highest BCUT2D eigenvalue weighted by atomic mass is 16.3. The minimum Gasteiger partial charge on any atom is -0.465 e. The van der Waals surface area contributed by atoms with Gasteiger partial charge in [0.25, 0.3) is 5.91 Å². The third-order valence-corrected chi connectivity index (χ3v) is 4.11. The second-order valence-electron chi connectivity index (χ2n) is 5.98. The van der Waals surface area contributed by atoms with Crippen LogP contribution in [-0.4, -0.2) is 17.1 Å². The topological polar surface area (TPSA) is 67.5 Å². The van der Waals surface area contributed by atoms with E-state index >= 15 is 0 Å². The van der Waals surface area contributed by atoms with Crippen molar-refractivity contribution in [2.75, 3.05) is 0 Å². The van der Waals surface area contributed by atoms with Gasteiger partial charge in [0.05, 0.1) is 17.3 Å². The number of aromatic nitrogens is 1. The molecule has 0 radical (unpaired) electrons. The van der Waals surface area contributed by atoms with Gasteiger partial charge in [-0.05, 0) is 49.3 Å². The molecule has 1 saturated carbocycles. The molecule has 0 atom stereocenters. The molecule has 124 valence electrons. The van der Waals surface area contributed by atoms with E-state index in [1.807, 2.05) is 42.5 Å². The van der Waals surface area contributed by atoms with Crippen LogP contribution in [-0.2, 0) is 0 Å². The lowest BCUT2D eigenvalue weighted by molar-refractivity contribution is 0.0956. The van der Waals surface area contributed by atoms with Crippen LogP contribution in [0.5, 0.6) is 0 Å². The number of carbonyl (C=O) groups excluding carboxylic acids is 1. The summed E-state index contributed by atoms with van der Waals surface area (Å²) in [5.74, 6) is 0.978. The predicted molar refractivity (Wildman–Crippen MR) is 97.4 cm³/mol. The van der Waals surface area contributed by atoms with Crippen molar-refractivity contribution < 1.29 is 9.21 Å². The monoisotopic (exact) mass is 331 g/mol. The third kappa shape index (κ3) is 3.50. The maximum Gasteiger partial charge on any atom is 0.272 e. The summed E-state index contributed by atoms with van der Waals surface area (Å²) in [5, 5.41) is 4.81. The number of benzene rings is 1. The van der Waals surface area contributed by atoms with Gasteiger partial charge >= 0.3 is 0 Å². The van der Waals surface area contributed by atoms with Crippen molar-refractivity contribution in [3.05, 3.63) is 71.8 Å². The number of amides is 1. The number of pyridine rings is 1. The molecule has 1 amide bonds. The number of furan rings is 1. The molecular weight excluding hydrogens is 314 g/mol. The van der Waals surface area contributed by atoms with Gasteiger partial charge < -0.3 is 4.42 Å². The van der Waals surface area contributed by atoms with E-state index in [-0.39, 0.29) is 5.91 Å². The van der Waals surface area contributed by atoms with E-state index in [2.05, 4.69) is 15.5 Å². The second-order valence-corrected chi connectivity index (χ2v) is 5.98. The molecule has 0 spiro atoms.